The van der Waals surface area contributed by atoms with Crippen molar-refractivity contribution in [2.75, 3.05) is 20.8 Å². The van der Waals surface area contributed by atoms with Crippen molar-refractivity contribution in [2.45, 2.75) is 19.9 Å². The predicted octanol–water partition coefficient (Wildman–Crippen LogP) is 3.43. The summed E-state index contributed by atoms with van der Waals surface area (Å²) in [7, 11) is 3.44. The van der Waals surface area contributed by atoms with Crippen LogP contribution in [0.4, 0.5) is 0 Å². The molecule has 0 fully saturated rings. The number of aryl methyl sites for hydroxylation is 1. The molecule has 0 aliphatic heterocycles. The van der Waals surface area contributed by atoms with Crippen molar-refractivity contribution >= 4 is 5.91 Å². The molecule has 4 heteroatoms. The van der Waals surface area contributed by atoms with E-state index >= 15 is 0 Å². The molecule has 0 bridgehead atoms. The average Bonchev–Trinajstić information content (AvgIpc) is 2.55. The van der Waals surface area contributed by atoms with Crippen molar-refractivity contribution in [1.29, 1.82) is 0 Å². The van der Waals surface area contributed by atoms with Gasteiger partial charge in [0, 0.05) is 13.6 Å². The molecule has 23 heavy (non-hydrogen) atoms. The van der Waals surface area contributed by atoms with Crippen LogP contribution in [0.1, 0.15) is 17.5 Å². The number of benzene rings is 2. The molecule has 1 amide bonds. The van der Waals surface area contributed by atoms with Crippen LogP contribution in [0.3, 0.4) is 0 Å². The molecule has 0 aliphatic carbocycles. The molecule has 0 N–H and O–H groups in total. The lowest BCUT2D eigenvalue weighted by atomic mass is 10.2. The van der Waals surface area contributed by atoms with Crippen molar-refractivity contribution in [3.63, 3.8) is 0 Å². The van der Waals surface area contributed by atoms with Crippen molar-refractivity contribution in [2.24, 2.45) is 0 Å². The van der Waals surface area contributed by atoms with E-state index in [1.54, 1.807) is 19.1 Å². The molecular weight excluding hydrogens is 290 g/mol. The number of rotatable bonds is 7. The van der Waals surface area contributed by atoms with Crippen LogP contribution in [0.25, 0.3) is 0 Å². The summed E-state index contributed by atoms with van der Waals surface area (Å²) in [5.41, 5.74) is 2.18. The van der Waals surface area contributed by atoms with E-state index in [2.05, 4.69) is 0 Å². The topological polar surface area (TPSA) is 38.8 Å². The summed E-state index contributed by atoms with van der Waals surface area (Å²) in [4.78, 5) is 13.9. The largest absolute Gasteiger partial charge is 0.497 e. The number of ether oxygens (including phenoxy) is 2. The molecule has 0 saturated heterocycles. The third kappa shape index (κ3) is 5.33. The van der Waals surface area contributed by atoms with E-state index in [9.17, 15) is 4.79 Å². The quantitative estimate of drug-likeness (QED) is 0.786. The lowest BCUT2D eigenvalue weighted by Gasteiger charge is -2.18. The summed E-state index contributed by atoms with van der Waals surface area (Å²) in [5.74, 6) is 1.65. The molecule has 0 unspecified atom stereocenters. The first-order chi connectivity index (χ1) is 11.1. The van der Waals surface area contributed by atoms with Crippen LogP contribution in [-0.2, 0) is 11.3 Å². The van der Waals surface area contributed by atoms with Crippen molar-refractivity contribution in [1.82, 2.24) is 4.90 Å². The monoisotopic (exact) mass is 313 g/mol. The zero-order valence-corrected chi connectivity index (χ0v) is 13.9. The first-order valence-electron chi connectivity index (χ1n) is 7.65. The smallest absolute Gasteiger partial charge is 0.226 e. The number of carbonyl (C=O) groups is 1. The summed E-state index contributed by atoms with van der Waals surface area (Å²) in [6.45, 7) is 2.95. The maximum Gasteiger partial charge on any atom is 0.226 e. The molecule has 122 valence electrons. The molecule has 0 aliphatic rings. The molecule has 0 saturated carbocycles. The lowest BCUT2D eigenvalue weighted by molar-refractivity contribution is -0.130. The summed E-state index contributed by atoms with van der Waals surface area (Å²) >= 11 is 0. The van der Waals surface area contributed by atoms with Crippen LogP contribution in [0, 0.1) is 6.92 Å². The second kappa shape index (κ2) is 8.22. The number of carbonyl (C=O) groups excluding carboxylic acids is 1. The fraction of sp³-hybridized carbons (Fsp3) is 0.316. The Morgan fingerprint density at radius 3 is 2.57 bits per heavy atom. The molecule has 0 atom stereocenters. The molecule has 0 spiro atoms. The van der Waals surface area contributed by atoms with Gasteiger partial charge in [0.15, 0.2) is 0 Å². The maximum atomic E-state index is 12.2. The van der Waals surface area contributed by atoms with Gasteiger partial charge in [0.1, 0.15) is 11.5 Å². The standard InChI is InChI=1S/C19H23NO3/c1-15-6-4-9-18(12-15)23-11-10-19(21)20(2)14-16-7-5-8-17(13-16)22-3/h4-9,12-13H,10-11,14H2,1-3H3. The summed E-state index contributed by atoms with van der Waals surface area (Å²) in [6, 6.07) is 15.6. The summed E-state index contributed by atoms with van der Waals surface area (Å²) in [5, 5.41) is 0. The second-order valence-electron chi connectivity index (χ2n) is 5.52. The van der Waals surface area contributed by atoms with Gasteiger partial charge in [-0.15, -0.1) is 0 Å². The number of amides is 1. The van der Waals surface area contributed by atoms with E-state index in [-0.39, 0.29) is 5.91 Å². The molecule has 0 radical (unpaired) electrons. The minimum Gasteiger partial charge on any atom is -0.497 e. The maximum absolute atomic E-state index is 12.2. The van der Waals surface area contributed by atoms with Crippen LogP contribution >= 0.6 is 0 Å². The van der Waals surface area contributed by atoms with E-state index in [0.29, 0.717) is 19.6 Å². The highest BCUT2D eigenvalue weighted by Crippen LogP contribution is 2.15. The zero-order valence-electron chi connectivity index (χ0n) is 13.9. The van der Waals surface area contributed by atoms with Gasteiger partial charge in [-0.1, -0.05) is 24.3 Å². The molecular formula is C19H23NO3. The van der Waals surface area contributed by atoms with Crippen molar-refractivity contribution < 1.29 is 14.3 Å². The number of hydrogen-bond donors (Lipinski definition) is 0. The highest BCUT2D eigenvalue weighted by atomic mass is 16.5. The first kappa shape index (κ1) is 16.9. The van der Waals surface area contributed by atoms with Crippen LogP contribution in [-0.4, -0.2) is 31.6 Å². The predicted molar refractivity (Wildman–Crippen MR) is 90.8 cm³/mol. The third-order valence-electron chi connectivity index (χ3n) is 3.55. The molecule has 2 rings (SSSR count). The van der Waals surface area contributed by atoms with Gasteiger partial charge in [-0.2, -0.15) is 0 Å². The van der Waals surface area contributed by atoms with Crippen molar-refractivity contribution in [3.05, 3.63) is 59.7 Å². The average molecular weight is 313 g/mol. The molecule has 2 aromatic rings. The van der Waals surface area contributed by atoms with E-state index in [0.717, 1.165) is 22.6 Å². The highest BCUT2D eigenvalue weighted by Gasteiger charge is 2.10. The normalized spacial score (nSPS) is 10.2. The number of nitrogens with zero attached hydrogens (tertiary/aromatic N) is 1. The van der Waals surface area contributed by atoms with Gasteiger partial charge in [0.25, 0.3) is 0 Å². The van der Waals surface area contributed by atoms with Gasteiger partial charge in [-0.05, 0) is 42.3 Å². The van der Waals surface area contributed by atoms with Gasteiger partial charge in [0.05, 0.1) is 20.1 Å². The van der Waals surface area contributed by atoms with Gasteiger partial charge < -0.3 is 14.4 Å². The Morgan fingerprint density at radius 2 is 1.83 bits per heavy atom. The Balaban J connectivity index is 1.80. The van der Waals surface area contributed by atoms with Crippen molar-refractivity contribution in [3.8, 4) is 11.5 Å². The Bertz CT molecular complexity index is 655. The van der Waals surface area contributed by atoms with Gasteiger partial charge in [-0.25, -0.2) is 0 Å². The van der Waals surface area contributed by atoms with E-state index in [4.69, 9.17) is 9.47 Å². The van der Waals surface area contributed by atoms with Gasteiger partial charge in [-0.3, -0.25) is 4.79 Å². The Kier molecular flexibility index (Phi) is 6.03. The molecule has 0 aromatic heterocycles. The van der Waals surface area contributed by atoms with Crippen LogP contribution < -0.4 is 9.47 Å². The Labute approximate surface area is 137 Å². The van der Waals surface area contributed by atoms with E-state index < -0.39 is 0 Å². The minimum absolute atomic E-state index is 0.0560. The number of hydrogen-bond acceptors (Lipinski definition) is 3. The van der Waals surface area contributed by atoms with Crippen LogP contribution in [0.15, 0.2) is 48.5 Å². The van der Waals surface area contributed by atoms with Crippen LogP contribution in [0.2, 0.25) is 0 Å². The fourth-order valence-electron chi connectivity index (χ4n) is 2.29. The van der Waals surface area contributed by atoms with Gasteiger partial charge >= 0.3 is 0 Å². The molecule has 0 heterocycles. The molecule has 2 aromatic carbocycles. The van der Waals surface area contributed by atoms with Crippen LogP contribution in [0.5, 0.6) is 11.5 Å². The zero-order chi connectivity index (χ0) is 16.7. The summed E-state index contributed by atoms with van der Waals surface area (Å²) < 4.78 is 10.8. The van der Waals surface area contributed by atoms with E-state index in [1.807, 2.05) is 55.5 Å². The highest BCUT2D eigenvalue weighted by molar-refractivity contribution is 5.76. The number of methoxy groups -OCH3 is 1. The first-order valence-corrected chi connectivity index (χ1v) is 7.65. The Hall–Kier alpha value is -2.49. The van der Waals surface area contributed by atoms with E-state index in [1.165, 1.54) is 0 Å². The lowest BCUT2D eigenvalue weighted by Crippen LogP contribution is -2.27. The van der Waals surface area contributed by atoms with Gasteiger partial charge in [0.2, 0.25) is 5.91 Å². The third-order valence-corrected chi connectivity index (χ3v) is 3.55. The second-order valence-corrected chi connectivity index (χ2v) is 5.52. The Morgan fingerprint density at radius 1 is 1.09 bits per heavy atom. The minimum atomic E-state index is 0.0560. The summed E-state index contributed by atoms with van der Waals surface area (Å²) in [6.07, 6.45) is 0.356. The SMILES string of the molecule is COc1cccc(CN(C)C(=O)CCOc2cccc(C)c2)c1. The fourth-order valence-corrected chi connectivity index (χ4v) is 2.29. The molecule has 4 nitrogen and oxygen atoms in total.